The van der Waals surface area contributed by atoms with Gasteiger partial charge in [0.1, 0.15) is 0 Å². The standard InChI is InChI=1S/C7H16N2/c1-3-9(2)7-5-4-6-8/h4-5H,3,6-8H2,1-2H3/b5-4+. The molecule has 0 rings (SSSR count). The number of hydrogen-bond donors (Lipinski definition) is 1. The minimum Gasteiger partial charge on any atom is -0.327 e. The van der Waals surface area contributed by atoms with Crippen molar-refractivity contribution < 1.29 is 0 Å². The Kier molecular flexibility index (Phi) is 5.57. The Labute approximate surface area is 57.3 Å². The van der Waals surface area contributed by atoms with Crippen molar-refractivity contribution in [2.45, 2.75) is 6.92 Å². The normalized spacial score (nSPS) is 11.6. The molecule has 0 fully saturated rings. The first-order valence-electron chi connectivity index (χ1n) is 3.34. The van der Waals surface area contributed by atoms with Gasteiger partial charge in [-0.15, -0.1) is 0 Å². The average Bonchev–Trinajstić information content (AvgIpc) is 1.89. The van der Waals surface area contributed by atoms with Crippen molar-refractivity contribution in [3.05, 3.63) is 12.2 Å². The molecule has 0 aromatic heterocycles. The monoisotopic (exact) mass is 128 g/mol. The molecule has 0 saturated carbocycles. The molecule has 0 aliphatic rings. The fourth-order valence-corrected chi connectivity index (χ4v) is 0.480. The Balaban J connectivity index is 3.15. The van der Waals surface area contributed by atoms with Crippen LogP contribution in [0.15, 0.2) is 12.2 Å². The maximum absolute atomic E-state index is 5.25. The number of likely N-dealkylation sites (N-methyl/N-ethyl adjacent to an activating group) is 1. The van der Waals surface area contributed by atoms with Crippen LogP contribution in [0.1, 0.15) is 6.92 Å². The van der Waals surface area contributed by atoms with Gasteiger partial charge in [-0.2, -0.15) is 0 Å². The summed E-state index contributed by atoms with van der Waals surface area (Å²) < 4.78 is 0. The fraction of sp³-hybridized carbons (Fsp3) is 0.714. The molecule has 9 heavy (non-hydrogen) atoms. The lowest BCUT2D eigenvalue weighted by Gasteiger charge is -2.08. The Morgan fingerprint density at radius 3 is 2.56 bits per heavy atom. The summed E-state index contributed by atoms with van der Waals surface area (Å²) >= 11 is 0. The predicted octanol–water partition coefficient (Wildman–Crippen LogP) is 0.453. The molecule has 0 bridgehead atoms. The SMILES string of the molecule is CCN(C)C/C=C/CN. The lowest BCUT2D eigenvalue weighted by Crippen LogP contribution is -2.17. The van der Waals surface area contributed by atoms with E-state index in [0.29, 0.717) is 6.54 Å². The highest BCUT2D eigenvalue weighted by atomic mass is 15.1. The quantitative estimate of drug-likeness (QED) is 0.557. The highest BCUT2D eigenvalue weighted by Gasteiger charge is 1.85. The van der Waals surface area contributed by atoms with Crippen LogP contribution in [0, 0.1) is 0 Å². The van der Waals surface area contributed by atoms with E-state index in [2.05, 4.69) is 24.9 Å². The van der Waals surface area contributed by atoms with Crippen LogP contribution in [-0.2, 0) is 0 Å². The summed E-state index contributed by atoms with van der Waals surface area (Å²) in [7, 11) is 2.08. The third kappa shape index (κ3) is 5.53. The summed E-state index contributed by atoms with van der Waals surface area (Å²) in [6, 6.07) is 0. The van der Waals surface area contributed by atoms with Crippen LogP contribution in [0.5, 0.6) is 0 Å². The van der Waals surface area contributed by atoms with E-state index < -0.39 is 0 Å². The molecule has 2 heteroatoms. The van der Waals surface area contributed by atoms with E-state index in [9.17, 15) is 0 Å². The molecular formula is C7H16N2. The smallest absolute Gasteiger partial charge is 0.0160 e. The first-order valence-corrected chi connectivity index (χ1v) is 3.34. The second-order valence-electron chi connectivity index (χ2n) is 2.06. The summed E-state index contributed by atoms with van der Waals surface area (Å²) in [6.07, 6.45) is 4.07. The maximum atomic E-state index is 5.25. The summed E-state index contributed by atoms with van der Waals surface area (Å²) in [4.78, 5) is 2.21. The lowest BCUT2D eigenvalue weighted by molar-refractivity contribution is 0.392. The first-order chi connectivity index (χ1) is 4.31. The van der Waals surface area contributed by atoms with E-state index in [1.54, 1.807) is 0 Å². The van der Waals surface area contributed by atoms with Crippen molar-refractivity contribution in [1.82, 2.24) is 4.90 Å². The van der Waals surface area contributed by atoms with Crippen molar-refractivity contribution in [2.75, 3.05) is 26.7 Å². The van der Waals surface area contributed by atoms with Crippen LogP contribution in [-0.4, -0.2) is 31.6 Å². The van der Waals surface area contributed by atoms with Gasteiger partial charge in [-0.25, -0.2) is 0 Å². The van der Waals surface area contributed by atoms with E-state index in [0.717, 1.165) is 13.1 Å². The second-order valence-corrected chi connectivity index (χ2v) is 2.06. The van der Waals surface area contributed by atoms with Crippen molar-refractivity contribution >= 4 is 0 Å². The van der Waals surface area contributed by atoms with E-state index in [-0.39, 0.29) is 0 Å². The topological polar surface area (TPSA) is 29.3 Å². The molecule has 0 aliphatic heterocycles. The van der Waals surface area contributed by atoms with Gasteiger partial charge < -0.3 is 10.6 Å². The summed E-state index contributed by atoms with van der Waals surface area (Å²) in [6.45, 7) is 4.89. The number of rotatable bonds is 4. The van der Waals surface area contributed by atoms with Gasteiger partial charge in [-0.3, -0.25) is 0 Å². The minimum atomic E-state index is 0.650. The Bertz CT molecular complexity index is 79.0. The molecule has 0 atom stereocenters. The van der Waals surface area contributed by atoms with Crippen LogP contribution in [0.4, 0.5) is 0 Å². The van der Waals surface area contributed by atoms with Crippen molar-refractivity contribution in [1.29, 1.82) is 0 Å². The molecule has 0 aliphatic carbocycles. The van der Waals surface area contributed by atoms with Gasteiger partial charge in [-0.1, -0.05) is 19.1 Å². The van der Waals surface area contributed by atoms with Crippen LogP contribution in [0.25, 0.3) is 0 Å². The number of hydrogen-bond acceptors (Lipinski definition) is 2. The van der Waals surface area contributed by atoms with Gasteiger partial charge in [0.25, 0.3) is 0 Å². The summed E-state index contributed by atoms with van der Waals surface area (Å²) in [5, 5.41) is 0. The Hall–Kier alpha value is -0.340. The van der Waals surface area contributed by atoms with Gasteiger partial charge >= 0.3 is 0 Å². The van der Waals surface area contributed by atoms with Crippen LogP contribution in [0.3, 0.4) is 0 Å². The highest BCUT2D eigenvalue weighted by molar-refractivity contribution is 4.84. The molecule has 0 heterocycles. The second kappa shape index (κ2) is 5.79. The molecule has 0 saturated heterocycles. The Morgan fingerprint density at radius 1 is 1.44 bits per heavy atom. The predicted molar refractivity (Wildman–Crippen MR) is 41.4 cm³/mol. The van der Waals surface area contributed by atoms with Crippen molar-refractivity contribution in [2.24, 2.45) is 5.73 Å². The third-order valence-electron chi connectivity index (χ3n) is 1.26. The first kappa shape index (κ1) is 8.66. The van der Waals surface area contributed by atoms with Gasteiger partial charge in [0, 0.05) is 13.1 Å². The Morgan fingerprint density at radius 2 is 2.11 bits per heavy atom. The third-order valence-corrected chi connectivity index (χ3v) is 1.26. The van der Waals surface area contributed by atoms with Gasteiger partial charge in [-0.05, 0) is 13.6 Å². The number of nitrogens with zero attached hydrogens (tertiary/aromatic N) is 1. The molecule has 54 valence electrons. The van der Waals surface area contributed by atoms with E-state index in [1.165, 1.54) is 0 Å². The van der Waals surface area contributed by atoms with Crippen LogP contribution >= 0.6 is 0 Å². The van der Waals surface area contributed by atoms with Gasteiger partial charge in [0.05, 0.1) is 0 Å². The van der Waals surface area contributed by atoms with Crippen LogP contribution < -0.4 is 5.73 Å². The zero-order valence-electron chi connectivity index (χ0n) is 6.30. The van der Waals surface area contributed by atoms with E-state index in [4.69, 9.17) is 5.73 Å². The van der Waals surface area contributed by atoms with Crippen molar-refractivity contribution in [3.8, 4) is 0 Å². The lowest BCUT2D eigenvalue weighted by atomic mass is 10.4. The maximum Gasteiger partial charge on any atom is 0.0160 e. The number of nitrogens with two attached hydrogens (primary N) is 1. The van der Waals surface area contributed by atoms with Crippen LogP contribution in [0.2, 0.25) is 0 Å². The zero-order valence-corrected chi connectivity index (χ0v) is 6.30. The average molecular weight is 128 g/mol. The molecular weight excluding hydrogens is 112 g/mol. The zero-order chi connectivity index (χ0) is 7.11. The molecule has 0 amide bonds. The molecule has 2 nitrogen and oxygen atoms in total. The molecule has 2 N–H and O–H groups in total. The largest absolute Gasteiger partial charge is 0.327 e. The molecule has 0 unspecified atom stereocenters. The van der Waals surface area contributed by atoms with E-state index in [1.807, 2.05) is 6.08 Å². The molecule has 0 aromatic rings. The highest BCUT2D eigenvalue weighted by Crippen LogP contribution is 1.80. The minimum absolute atomic E-state index is 0.650. The van der Waals surface area contributed by atoms with Gasteiger partial charge in [0.15, 0.2) is 0 Å². The molecule has 0 radical (unpaired) electrons. The fourth-order valence-electron chi connectivity index (χ4n) is 0.480. The van der Waals surface area contributed by atoms with Gasteiger partial charge in [0.2, 0.25) is 0 Å². The van der Waals surface area contributed by atoms with E-state index >= 15 is 0 Å². The molecule has 0 spiro atoms. The van der Waals surface area contributed by atoms with Crippen molar-refractivity contribution in [3.63, 3.8) is 0 Å². The summed E-state index contributed by atoms with van der Waals surface area (Å²) in [5.74, 6) is 0. The summed E-state index contributed by atoms with van der Waals surface area (Å²) in [5.41, 5.74) is 5.25. The molecule has 0 aromatic carbocycles.